The molecule has 190 valence electrons. The van der Waals surface area contributed by atoms with Crippen LogP contribution in [-0.4, -0.2) is 56.4 Å². The number of hydrogen-bond acceptors (Lipinski definition) is 6. The maximum Gasteiger partial charge on any atom is 0.264 e. The van der Waals surface area contributed by atoms with Gasteiger partial charge in [0.15, 0.2) is 0 Å². The number of halogens is 4. The first kappa shape index (κ1) is 26.8. The van der Waals surface area contributed by atoms with E-state index in [1.165, 1.54) is 18.2 Å². The summed E-state index contributed by atoms with van der Waals surface area (Å²) in [7, 11) is -4.09. The van der Waals surface area contributed by atoms with E-state index < -0.39 is 21.3 Å². The molecule has 2 saturated heterocycles. The molecule has 0 radical (unpaired) electrons. The molecule has 2 aromatic rings. The number of piperidine rings is 2. The minimum absolute atomic E-state index is 0.0869. The molecular formula is C23H25Cl4N3O4S. The number of carbonyl (C=O) groups is 1. The molecule has 12 heteroatoms. The molecule has 7 nitrogen and oxygen atoms in total. The predicted molar refractivity (Wildman–Crippen MR) is 139 cm³/mol. The number of hydrogen-bond donors (Lipinski definition) is 2. The fourth-order valence-corrected chi connectivity index (χ4v) is 6.72. The Labute approximate surface area is 225 Å². The smallest absolute Gasteiger partial charge is 0.264 e. The highest BCUT2D eigenvalue weighted by atomic mass is 35.5. The van der Waals surface area contributed by atoms with Crippen molar-refractivity contribution >= 4 is 62.3 Å². The number of benzene rings is 2. The molecule has 0 bridgehead atoms. The summed E-state index contributed by atoms with van der Waals surface area (Å²) in [6, 6.07) is 9.26. The molecule has 2 aliphatic rings. The predicted octanol–water partition coefficient (Wildman–Crippen LogP) is 4.98. The van der Waals surface area contributed by atoms with Gasteiger partial charge in [-0.1, -0.05) is 46.4 Å². The molecule has 0 saturated carbocycles. The third kappa shape index (κ3) is 6.55. The first-order chi connectivity index (χ1) is 16.6. The highest BCUT2D eigenvalue weighted by molar-refractivity contribution is 7.90. The number of likely N-dealkylation sites (tertiary alicyclic amines) is 1. The van der Waals surface area contributed by atoms with Crippen molar-refractivity contribution in [3.8, 4) is 5.75 Å². The van der Waals surface area contributed by atoms with Crippen LogP contribution in [0.25, 0.3) is 0 Å². The lowest BCUT2D eigenvalue weighted by molar-refractivity contribution is 0.0481. The quantitative estimate of drug-likeness (QED) is 0.501. The Morgan fingerprint density at radius 2 is 1.60 bits per heavy atom. The van der Waals surface area contributed by atoms with Crippen LogP contribution in [0.5, 0.6) is 5.75 Å². The lowest BCUT2D eigenvalue weighted by atomic mass is 9.99. The maximum absolute atomic E-state index is 13.5. The van der Waals surface area contributed by atoms with Gasteiger partial charge >= 0.3 is 0 Å². The van der Waals surface area contributed by atoms with Gasteiger partial charge in [0.25, 0.3) is 15.9 Å². The monoisotopic (exact) mass is 579 g/mol. The van der Waals surface area contributed by atoms with Crippen LogP contribution in [0.1, 0.15) is 36.0 Å². The van der Waals surface area contributed by atoms with E-state index in [9.17, 15) is 13.2 Å². The van der Waals surface area contributed by atoms with E-state index in [2.05, 4.69) is 10.0 Å². The number of ether oxygens (including phenoxy) is 1. The second-order valence-electron chi connectivity index (χ2n) is 8.62. The minimum atomic E-state index is -4.09. The number of carbonyl (C=O) groups excluding carboxylic acids is 1. The van der Waals surface area contributed by atoms with E-state index >= 15 is 0 Å². The summed E-state index contributed by atoms with van der Waals surface area (Å²) >= 11 is 24.0. The van der Waals surface area contributed by atoms with Crippen molar-refractivity contribution in [1.29, 1.82) is 0 Å². The third-order valence-corrected chi connectivity index (χ3v) is 9.42. The van der Waals surface area contributed by atoms with E-state index in [0.717, 1.165) is 25.9 Å². The lowest BCUT2D eigenvalue weighted by Gasteiger charge is -2.44. The zero-order chi connectivity index (χ0) is 25.2. The number of amides is 1. The van der Waals surface area contributed by atoms with E-state index in [1.807, 2.05) is 4.90 Å². The highest BCUT2D eigenvalue weighted by Crippen LogP contribution is 2.32. The van der Waals surface area contributed by atoms with Gasteiger partial charge < -0.3 is 10.1 Å². The SMILES string of the molecule is O=C(NS(=O)(=O)C1CC(Oc2ccc(Cl)c(Cl)c2)CCN1C1CCNCC1)c1ccc(Cl)c(Cl)c1. The molecule has 2 atom stereocenters. The Hall–Kier alpha value is -1.26. The fraction of sp³-hybridized carbons (Fsp3) is 0.435. The number of sulfonamides is 1. The van der Waals surface area contributed by atoms with E-state index in [4.69, 9.17) is 51.1 Å². The summed E-state index contributed by atoms with van der Waals surface area (Å²) in [5.74, 6) is -0.253. The Balaban J connectivity index is 1.55. The zero-order valence-corrected chi connectivity index (χ0v) is 22.5. The number of nitrogens with one attached hydrogen (secondary N) is 2. The van der Waals surface area contributed by atoms with Crippen LogP contribution in [-0.2, 0) is 10.0 Å². The van der Waals surface area contributed by atoms with Crippen LogP contribution in [0, 0.1) is 0 Å². The van der Waals surface area contributed by atoms with Crippen LogP contribution < -0.4 is 14.8 Å². The zero-order valence-electron chi connectivity index (χ0n) is 18.6. The molecule has 0 aliphatic carbocycles. The van der Waals surface area contributed by atoms with Gasteiger partial charge in [-0.25, -0.2) is 13.1 Å². The molecule has 0 spiro atoms. The molecule has 2 fully saturated rings. The fourth-order valence-electron chi connectivity index (χ4n) is 4.52. The van der Waals surface area contributed by atoms with Crippen molar-refractivity contribution < 1.29 is 17.9 Å². The van der Waals surface area contributed by atoms with Crippen molar-refractivity contribution in [1.82, 2.24) is 14.9 Å². The molecular weight excluding hydrogens is 556 g/mol. The Kier molecular flexibility index (Phi) is 8.74. The van der Waals surface area contributed by atoms with Crippen molar-refractivity contribution in [2.45, 2.75) is 43.2 Å². The molecule has 2 heterocycles. The van der Waals surface area contributed by atoms with E-state index in [1.54, 1.807) is 18.2 Å². The normalized spacial score (nSPS) is 22.1. The largest absolute Gasteiger partial charge is 0.490 e. The van der Waals surface area contributed by atoms with Crippen LogP contribution in [0.15, 0.2) is 36.4 Å². The standard InChI is InChI=1S/C23H25Cl4N3O4S/c24-18-3-1-14(11-20(18)26)23(31)29-35(32,33)22-13-17(34-16-2-4-19(25)21(27)12-16)7-10-30(22)15-5-8-28-9-6-15/h1-4,11-12,15,17,22,28H,5-10,13H2,(H,29,31). The molecule has 2 aliphatic heterocycles. The second-order valence-corrected chi connectivity index (χ2v) is 12.1. The van der Waals surface area contributed by atoms with Gasteiger partial charge in [-0.05, 0) is 62.7 Å². The van der Waals surface area contributed by atoms with Crippen LogP contribution >= 0.6 is 46.4 Å². The van der Waals surface area contributed by atoms with Crippen molar-refractivity contribution in [3.05, 3.63) is 62.1 Å². The van der Waals surface area contributed by atoms with Gasteiger partial charge in [-0.3, -0.25) is 9.69 Å². The summed E-state index contributed by atoms with van der Waals surface area (Å²) in [5, 5.41) is 3.57. The molecule has 1 amide bonds. The van der Waals surface area contributed by atoms with E-state index in [-0.39, 0.29) is 34.2 Å². The maximum atomic E-state index is 13.5. The van der Waals surface area contributed by atoms with Gasteiger partial charge in [0.05, 0.1) is 20.1 Å². The average Bonchev–Trinajstić information content (AvgIpc) is 2.83. The molecule has 0 aromatic heterocycles. The van der Waals surface area contributed by atoms with Crippen LogP contribution in [0.3, 0.4) is 0 Å². The molecule has 2 N–H and O–H groups in total. The van der Waals surface area contributed by atoms with Gasteiger partial charge in [0.1, 0.15) is 17.2 Å². The summed E-state index contributed by atoms with van der Waals surface area (Å²) in [4.78, 5) is 14.8. The van der Waals surface area contributed by atoms with Gasteiger partial charge in [-0.15, -0.1) is 0 Å². The number of rotatable bonds is 6. The third-order valence-electron chi connectivity index (χ3n) is 6.29. The van der Waals surface area contributed by atoms with Crippen molar-refractivity contribution in [2.75, 3.05) is 19.6 Å². The summed E-state index contributed by atoms with van der Waals surface area (Å²) in [6.45, 7) is 2.14. The van der Waals surface area contributed by atoms with Gasteiger partial charge in [0.2, 0.25) is 0 Å². The molecule has 35 heavy (non-hydrogen) atoms. The molecule has 4 rings (SSSR count). The Morgan fingerprint density at radius 3 is 2.26 bits per heavy atom. The summed E-state index contributed by atoms with van der Waals surface area (Å²) in [5.41, 5.74) is 0.107. The first-order valence-electron chi connectivity index (χ1n) is 11.2. The first-order valence-corrected chi connectivity index (χ1v) is 14.3. The molecule has 2 aromatic carbocycles. The molecule has 2 unspecified atom stereocenters. The average molecular weight is 581 g/mol. The lowest BCUT2D eigenvalue weighted by Crippen LogP contribution is -2.58. The van der Waals surface area contributed by atoms with Crippen molar-refractivity contribution in [2.24, 2.45) is 0 Å². The summed E-state index contributed by atoms with van der Waals surface area (Å²) < 4.78 is 35.4. The van der Waals surface area contributed by atoms with Crippen LogP contribution in [0.2, 0.25) is 20.1 Å². The number of nitrogens with zero attached hydrogens (tertiary/aromatic N) is 1. The summed E-state index contributed by atoms with van der Waals surface area (Å²) in [6.07, 6.45) is 2.09. The minimum Gasteiger partial charge on any atom is -0.490 e. The van der Waals surface area contributed by atoms with Gasteiger partial charge in [-0.2, -0.15) is 0 Å². The van der Waals surface area contributed by atoms with E-state index in [0.29, 0.717) is 28.8 Å². The van der Waals surface area contributed by atoms with Crippen molar-refractivity contribution in [3.63, 3.8) is 0 Å². The second kappa shape index (κ2) is 11.4. The van der Waals surface area contributed by atoms with Crippen LogP contribution in [0.4, 0.5) is 0 Å². The van der Waals surface area contributed by atoms with Gasteiger partial charge in [0, 0.05) is 30.6 Å². The Bertz CT molecular complexity index is 1190. The topological polar surface area (TPSA) is 87.7 Å². The highest BCUT2D eigenvalue weighted by Gasteiger charge is 2.42. The Morgan fingerprint density at radius 1 is 0.943 bits per heavy atom.